The topological polar surface area (TPSA) is 69.4 Å². The van der Waals surface area contributed by atoms with Gasteiger partial charge < -0.3 is 10.5 Å². The molecule has 0 unspecified atom stereocenters. The molecule has 1 rings (SSSR count). The molecule has 4 heteroatoms. The van der Waals surface area contributed by atoms with Crippen molar-refractivity contribution in [3.05, 3.63) is 35.4 Å². The number of nitrogens with two attached hydrogens (primary N) is 1. The predicted molar refractivity (Wildman–Crippen MR) is 61.9 cm³/mol. The monoisotopic (exact) mass is 219 g/mol. The number of nitrogen functional groups attached to an aromatic ring is 1. The van der Waals surface area contributed by atoms with E-state index in [1.54, 1.807) is 24.3 Å². The molecule has 0 radical (unpaired) electrons. The van der Waals surface area contributed by atoms with E-state index in [9.17, 15) is 9.59 Å². The van der Waals surface area contributed by atoms with Crippen molar-refractivity contribution in [3.8, 4) is 0 Å². The van der Waals surface area contributed by atoms with E-state index in [0.717, 1.165) is 5.56 Å². The van der Waals surface area contributed by atoms with Crippen LogP contribution in [-0.2, 0) is 9.53 Å². The van der Waals surface area contributed by atoms with Crippen molar-refractivity contribution >= 4 is 23.5 Å². The SMILES string of the molecule is COC(=O)/C=C/c1ccc(N)c(C(C)=O)c1. The highest BCUT2D eigenvalue weighted by Gasteiger charge is 2.04. The first kappa shape index (κ1) is 12.0. The molecule has 4 nitrogen and oxygen atoms in total. The van der Waals surface area contributed by atoms with Gasteiger partial charge in [-0.05, 0) is 30.7 Å². The largest absolute Gasteiger partial charge is 0.466 e. The highest BCUT2D eigenvalue weighted by atomic mass is 16.5. The first-order valence-corrected chi connectivity index (χ1v) is 4.71. The molecule has 0 fully saturated rings. The van der Waals surface area contributed by atoms with Gasteiger partial charge in [-0.15, -0.1) is 0 Å². The summed E-state index contributed by atoms with van der Waals surface area (Å²) in [7, 11) is 1.30. The van der Waals surface area contributed by atoms with E-state index in [2.05, 4.69) is 4.74 Å². The number of methoxy groups -OCH3 is 1. The van der Waals surface area contributed by atoms with Crippen molar-refractivity contribution in [2.45, 2.75) is 6.92 Å². The predicted octanol–water partition coefficient (Wildman–Crippen LogP) is 1.66. The second-order valence-corrected chi connectivity index (χ2v) is 3.26. The number of hydrogen-bond donors (Lipinski definition) is 1. The molecule has 0 saturated heterocycles. The lowest BCUT2D eigenvalue weighted by molar-refractivity contribution is -0.134. The molecule has 1 aromatic carbocycles. The average Bonchev–Trinajstić information content (AvgIpc) is 2.27. The molecule has 0 atom stereocenters. The van der Waals surface area contributed by atoms with Crippen molar-refractivity contribution in [1.29, 1.82) is 0 Å². The molecule has 0 heterocycles. The van der Waals surface area contributed by atoms with Crippen molar-refractivity contribution in [2.75, 3.05) is 12.8 Å². The lowest BCUT2D eigenvalue weighted by Crippen LogP contribution is -1.99. The van der Waals surface area contributed by atoms with Crippen LogP contribution in [0.3, 0.4) is 0 Å². The van der Waals surface area contributed by atoms with Gasteiger partial charge in [0, 0.05) is 17.3 Å². The quantitative estimate of drug-likeness (QED) is 0.363. The summed E-state index contributed by atoms with van der Waals surface area (Å²) in [6, 6.07) is 4.99. The van der Waals surface area contributed by atoms with Gasteiger partial charge in [-0.2, -0.15) is 0 Å². The van der Waals surface area contributed by atoms with E-state index in [0.29, 0.717) is 11.3 Å². The smallest absolute Gasteiger partial charge is 0.330 e. The van der Waals surface area contributed by atoms with Crippen LogP contribution in [0, 0.1) is 0 Å². The molecule has 0 amide bonds. The normalized spacial score (nSPS) is 10.4. The third-order valence-electron chi connectivity index (χ3n) is 2.07. The van der Waals surface area contributed by atoms with Crippen LogP contribution >= 0.6 is 0 Å². The van der Waals surface area contributed by atoms with Crippen LogP contribution in [0.25, 0.3) is 6.08 Å². The Morgan fingerprint density at radius 3 is 2.62 bits per heavy atom. The van der Waals surface area contributed by atoms with Gasteiger partial charge in [0.15, 0.2) is 5.78 Å². The third-order valence-corrected chi connectivity index (χ3v) is 2.07. The molecule has 16 heavy (non-hydrogen) atoms. The average molecular weight is 219 g/mol. The molecule has 1 aromatic rings. The molecule has 0 saturated carbocycles. The van der Waals surface area contributed by atoms with Crippen molar-refractivity contribution in [2.24, 2.45) is 0 Å². The summed E-state index contributed by atoms with van der Waals surface area (Å²) >= 11 is 0. The van der Waals surface area contributed by atoms with Gasteiger partial charge in [0.05, 0.1) is 7.11 Å². The summed E-state index contributed by atoms with van der Waals surface area (Å²) in [5, 5.41) is 0. The fraction of sp³-hybridized carbons (Fsp3) is 0.167. The molecule has 0 spiro atoms. The highest BCUT2D eigenvalue weighted by molar-refractivity contribution is 5.99. The van der Waals surface area contributed by atoms with Crippen LogP contribution in [0.15, 0.2) is 24.3 Å². The third kappa shape index (κ3) is 2.95. The maximum Gasteiger partial charge on any atom is 0.330 e. The van der Waals surface area contributed by atoms with E-state index < -0.39 is 5.97 Å². The Morgan fingerprint density at radius 2 is 2.06 bits per heavy atom. The fourth-order valence-electron chi connectivity index (χ4n) is 1.21. The molecular weight excluding hydrogens is 206 g/mol. The lowest BCUT2D eigenvalue weighted by atomic mass is 10.1. The van der Waals surface area contributed by atoms with Gasteiger partial charge in [-0.25, -0.2) is 4.79 Å². The number of esters is 1. The Morgan fingerprint density at radius 1 is 1.38 bits per heavy atom. The van der Waals surface area contributed by atoms with Crippen molar-refractivity contribution in [1.82, 2.24) is 0 Å². The minimum Gasteiger partial charge on any atom is -0.466 e. The number of ketones is 1. The summed E-state index contributed by atoms with van der Waals surface area (Å²) in [5.74, 6) is -0.549. The zero-order chi connectivity index (χ0) is 12.1. The molecule has 0 aliphatic rings. The number of benzene rings is 1. The van der Waals surface area contributed by atoms with E-state index in [4.69, 9.17) is 5.73 Å². The summed E-state index contributed by atoms with van der Waals surface area (Å²) in [4.78, 5) is 22.1. The van der Waals surface area contributed by atoms with Crippen LogP contribution < -0.4 is 5.73 Å². The van der Waals surface area contributed by atoms with Crippen LogP contribution in [-0.4, -0.2) is 18.9 Å². The van der Waals surface area contributed by atoms with Gasteiger partial charge >= 0.3 is 5.97 Å². The number of rotatable bonds is 3. The van der Waals surface area contributed by atoms with Gasteiger partial charge in [0.1, 0.15) is 0 Å². The number of ether oxygens (including phenoxy) is 1. The minimum atomic E-state index is -0.443. The molecule has 2 N–H and O–H groups in total. The maximum atomic E-state index is 11.2. The Kier molecular flexibility index (Phi) is 3.83. The Hall–Kier alpha value is -2.10. The maximum absolute atomic E-state index is 11.2. The molecule has 0 aromatic heterocycles. The molecule has 0 bridgehead atoms. The van der Waals surface area contributed by atoms with E-state index >= 15 is 0 Å². The van der Waals surface area contributed by atoms with Crippen LogP contribution in [0.4, 0.5) is 5.69 Å². The summed E-state index contributed by atoms with van der Waals surface area (Å²) in [6.07, 6.45) is 2.85. The number of carbonyl (C=O) groups is 2. The van der Waals surface area contributed by atoms with E-state index in [1.807, 2.05) is 0 Å². The molecular formula is C12H13NO3. The number of hydrogen-bond acceptors (Lipinski definition) is 4. The van der Waals surface area contributed by atoms with Crippen molar-refractivity contribution < 1.29 is 14.3 Å². The summed E-state index contributed by atoms with van der Waals surface area (Å²) in [5.41, 5.74) is 7.25. The second kappa shape index (κ2) is 5.11. The van der Waals surface area contributed by atoms with Crippen LogP contribution in [0.5, 0.6) is 0 Å². The molecule has 0 aliphatic heterocycles. The summed E-state index contributed by atoms with van der Waals surface area (Å²) < 4.78 is 4.46. The van der Waals surface area contributed by atoms with Gasteiger partial charge in [0.2, 0.25) is 0 Å². The Bertz CT molecular complexity index is 450. The van der Waals surface area contributed by atoms with Gasteiger partial charge in [-0.1, -0.05) is 6.07 Å². The van der Waals surface area contributed by atoms with Crippen LogP contribution in [0.2, 0.25) is 0 Å². The van der Waals surface area contributed by atoms with Crippen molar-refractivity contribution in [3.63, 3.8) is 0 Å². The second-order valence-electron chi connectivity index (χ2n) is 3.26. The van der Waals surface area contributed by atoms with Crippen LogP contribution in [0.1, 0.15) is 22.8 Å². The lowest BCUT2D eigenvalue weighted by Gasteiger charge is -2.02. The Balaban J connectivity index is 2.99. The van der Waals surface area contributed by atoms with Gasteiger partial charge in [0.25, 0.3) is 0 Å². The first-order valence-electron chi connectivity index (χ1n) is 4.71. The first-order chi connectivity index (χ1) is 7.54. The van der Waals surface area contributed by atoms with E-state index in [-0.39, 0.29) is 5.78 Å². The fourth-order valence-corrected chi connectivity index (χ4v) is 1.21. The zero-order valence-electron chi connectivity index (χ0n) is 9.19. The molecule has 84 valence electrons. The number of anilines is 1. The minimum absolute atomic E-state index is 0.106. The van der Waals surface area contributed by atoms with Gasteiger partial charge in [-0.3, -0.25) is 4.79 Å². The molecule has 0 aliphatic carbocycles. The number of carbonyl (C=O) groups excluding carboxylic acids is 2. The van der Waals surface area contributed by atoms with E-state index in [1.165, 1.54) is 20.1 Å². The highest BCUT2D eigenvalue weighted by Crippen LogP contribution is 2.15. The standard InChI is InChI=1S/C12H13NO3/c1-8(14)10-7-9(3-5-11(10)13)4-6-12(15)16-2/h3-7H,13H2,1-2H3/b6-4+. The Labute approximate surface area is 93.7 Å². The summed E-state index contributed by atoms with van der Waals surface area (Å²) in [6.45, 7) is 1.44. The number of Topliss-reactive ketones (excluding diaryl/α,β-unsaturated/α-hetero) is 1. The zero-order valence-corrected chi connectivity index (χ0v) is 9.19.